The van der Waals surface area contributed by atoms with Crippen LogP contribution in [0, 0.1) is 5.82 Å². The second-order valence-corrected chi connectivity index (χ2v) is 5.05. The van der Waals surface area contributed by atoms with E-state index in [4.69, 9.17) is 11.6 Å². The molecule has 0 atom stereocenters. The number of rotatable bonds is 3. The summed E-state index contributed by atoms with van der Waals surface area (Å²) in [6.07, 6.45) is 0. The summed E-state index contributed by atoms with van der Waals surface area (Å²) >= 11 is 6.42. The van der Waals surface area contributed by atoms with Gasteiger partial charge in [-0.3, -0.25) is 19.3 Å². The van der Waals surface area contributed by atoms with E-state index in [1.54, 1.807) is 0 Å². The van der Waals surface area contributed by atoms with E-state index in [1.807, 2.05) is 0 Å². The molecule has 5 nitrogen and oxygen atoms in total. The molecule has 0 spiro atoms. The Balaban J connectivity index is 1.99. The van der Waals surface area contributed by atoms with Crippen LogP contribution in [-0.2, 0) is 9.59 Å². The molecule has 1 fully saturated rings. The monoisotopic (exact) mass is 302 g/mol. The van der Waals surface area contributed by atoms with Crippen LogP contribution in [-0.4, -0.2) is 34.3 Å². The van der Waals surface area contributed by atoms with Gasteiger partial charge in [0.05, 0.1) is 10.8 Å². The Morgan fingerprint density at radius 3 is 2.79 bits per heavy atom. The van der Waals surface area contributed by atoms with E-state index < -0.39 is 22.9 Å². The van der Waals surface area contributed by atoms with Gasteiger partial charge in [0.2, 0.25) is 11.8 Å². The lowest BCUT2D eigenvalue weighted by Gasteiger charge is -2.12. The van der Waals surface area contributed by atoms with E-state index in [2.05, 4.69) is 5.32 Å². The first kappa shape index (κ1) is 13.8. The molecule has 0 aromatic heterocycles. The summed E-state index contributed by atoms with van der Waals surface area (Å²) in [6.45, 7) is -0.361. The molecular formula is C11H8ClFN2O3S. The van der Waals surface area contributed by atoms with E-state index in [0.29, 0.717) is 5.69 Å². The maximum Gasteiger partial charge on any atom is 0.289 e. The highest BCUT2D eigenvalue weighted by Crippen LogP contribution is 2.20. The van der Waals surface area contributed by atoms with Gasteiger partial charge in [0.1, 0.15) is 12.4 Å². The van der Waals surface area contributed by atoms with Crippen molar-refractivity contribution in [2.75, 3.05) is 17.6 Å². The van der Waals surface area contributed by atoms with Crippen LogP contribution >= 0.6 is 23.4 Å². The fourth-order valence-corrected chi connectivity index (χ4v) is 2.36. The number of benzene rings is 1. The topological polar surface area (TPSA) is 66.5 Å². The number of imide groups is 1. The summed E-state index contributed by atoms with van der Waals surface area (Å²) < 4.78 is 12.9. The van der Waals surface area contributed by atoms with Gasteiger partial charge in [-0.1, -0.05) is 23.4 Å². The number of halogens is 2. The fourth-order valence-electron chi connectivity index (χ4n) is 1.45. The minimum absolute atomic E-state index is 0.0501. The number of carbonyl (C=O) groups excluding carboxylic acids is 3. The molecule has 1 heterocycles. The van der Waals surface area contributed by atoms with Gasteiger partial charge in [-0.25, -0.2) is 4.39 Å². The number of hydrogen-bond donors (Lipinski definition) is 1. The minimum Gasteiger partial charge on any atom is -0.324 e. The molecule has 1 saturated heterocycles. The van der Waals surface area contributed by atoms with E-state index in [1.165, 1.54) is 12.1 Å². The first-order chi connectivity index (χ1) is 8.97. The zero-order valence-electron chi connectivity index (χ0n) is 9.48. The van der Waals surface area contributed by atoms with Gasteiger partial charge in [0.25, 0.3) is 5.24 Å². The summed E-state index contributed by atoms with van der Waals surface area (Å²) in [5.74, 6) is -1.50. The molecule has 2 rings (SSSR count). The van der Waals surface area contributed by atoms with Gasteiger partial charge in [-0.05, 0) is 18.2 Å². The fraction of sp³-hybridized carbons (Fsp3) is 0.182. The normalized spacial score (nSPS) is 14.9. The molecular weight excluding hydrogens is 295 g/mol. The first-order valence-corrected chi connectivity index (χ1v) is 6.56. The molecule has 1 aliphatic heterocycles. The number of nitrogens with zero attached hydrogens (tertiary/aromatic N) is 1. The maximum absolute atomic E-state index is 12.9. The summed E-state index contributed by atoms with van der Waals surface area (Å²) in [7, 11) is 0. The number of amides is 3. The second-order valence-electron chi connectivity index (χ2n) is 3.71. The number of thioether (sulfide) groups is 1. The highest BCUT2D eigenvalue weighted by Gasteiger charge is 2.31. The third-order valence-corrected chi connectivity index (χ3v) is 3.49. The van der Waals surface area contributed by atoms with Gasteiger partial charge in [0.15, 0.2) is 0 Å². The SMILES string of the molecule is O=C(CN1C(=O)CSC1=O)Nc1ccc(F)c(Cl)c1. The predicted octanol–water partition coefficient (Wildman–Crippen LogP) is 2.11. The van der Waals surface area contributed by atoms with Crippen molar-refractivity contribution >= 4 is 46.1 Å². The molecule has 0 aliphatic carbocycles. The summed E-state index contributed by atoms with van der Waals surface area (Å²) in [5.41, 5.74) is 0.295. The van der Waals surface area contributed by atoms with Crippen molar-refractivity contribution in [3.63, 3.8) is 0 Å². The van der Waals surface area contributed by atoms with Crippen molar-refractivity contribution in [3.05, 3.63) is 29.0 Å². The molecule has 0 radical (unpaired) electrons. The Kier molecular flexibility index (Phi) is 4.06. The Labute approximate surface area is 117 Å². The third-order valence-electron chi connectivity index (χ3n) is 2.35. The van der Waals surface area contributed by atoms with E-state index >= 15 is 0 Å². The largest absolute Gasteiger partial charge is 0.324 e. The third kappa shape index (κ3) is 3.24. The molecule has 0 saturated carbocycles. The zero-order valence-corrected chi connectivity index (χ0v) is 11.1. The van der Waals surface area contributed by atoms with Crippen LogP contribution in [0.1, 0.15) is 0 Å². The summed E-state index contributed by atoms with van der Waals surface area (Å²) in [6, 6.07) is 3.69. The standard InChI is InChI=1S/C11H8ClFN2O3S/c12-7-3-6(1-2-8(7)13)14-9(16)4-15-10(17)5-19-11(15)18/h1-3H,4-5H2,(H,14,16). The van der Waals surface area contributed by atoms with E-state index in [9.17, 15) is 18.8 Å². The Morgan fingerprint density at radius 1 is 1.47 bits per heavy atom. The molecule has 100 valence electrons. The van der Waals surface area contributed by atoms with Gasteiger partial charge in [-0.2, -0.15) is 0 Å². The van der Waals surface area contributed by atoms with Crippen molar-refractivity contribution in [2.24, 2.45) is 0 Å². The van der Waals surface area contributed by atoms with Crippen LogP contribution in [0.3, 0.4) is 0 Å². The Bertz CT molecular complexity index is 551. The van der Waals surface area contributed by atoms with Gasteiger partial charge >= 0.3 is 0 Å². The lowest BCUT2D eigenvalue weighted by Crippen LogP contribution is -2.36. The number of carbonyl (C=O) groups is 3. The number of anilines is 1. The molecule has 0 bridgehead atoms. The average molecular weight is 303 g/mol. The lowest BCUT2D eigenvalue weighted by molar-refractivity contribution is -0.128. The van der Waals surface area contributed by atoms with Crippen molar-refractivity contribution in [1.82, 2.24) is 4.90 Å². The Hall–Kier alpha value is -1.60. The van der Waals surface area contributed by atoms with E-state index in [0.717, 1.165) is 22.7 Å². The van der Waals surface area contributed by atoms with Gasteiger partial charge < -0.3 is 5.32 Å². The molecule has 1 aromatic carbocycles. The maximum atomic E-state index is 12.9. The quantitative estimate of drug-likeness (QED) is 0.928. The van der Waals surface area contributed by atoms with Crippen LogP contribution in [0.2, 0.25) is 5.02 Å². The summed E-state index contributed by atoms with van der Waals surface area (Å²) in [4.78, 5) is 35.1. The second kappa shape index (κ2) is 5.58. The van der Waals surface area contributed by atoms with Crippen molar-refractivity contribution in [3.8, 4) is 0 Å². The van der Waals surface area contributed by atoms with Crippen molar-refractivity contribution in [2.45, 2.75) is 0 Å². The number of hydrogen-bond acceptors (Lipinski definition) is 4. The van der Waals surface area contributed by atoms with Gasteiger partial charge in [-0.15, -0.1) is 0 Å². The van der Waals surface area contributed by atoms with Crippen molar-refractivity contribution in [1.29, 1.82) is 0 Å². The average Bonchev–Trinajstić information content (AvgIpc) is 2.66. The molecule has 8 heteroatoms. The van der Waals surface area contributed by atoms with Crippen LogP contribution in [0.25, 0.3) is 0 Å². The first-order valence-electron chi connectivity index (χ1n) is 5.19. The smallest absolute Gasteiger partial charge is 0.289 e. The molecule has 1 N–H and O–H groups in total. The van der Waals surface area contributed by atoms with Crippen LogP contribution < -0.4 is 5.32 Å². The van der Waals surface area contributed by atoms with Crippen LogP contribution in [0.4, 0.5) is 14.9 Å². The minimum atomic E-state index is -0.596. The highest BCUT2D eigenvalue weighted by molar-refractivity contribution is 8.14. The number of nitrogens with one attached hydrogen (secondary N) is 1. The molecule has 19 heavy (non-hydrogen) atoms. The molecule has 0 unspecified atom stereocenters. The lowest BCUT2D eigenvalue weighted by atomic mass is 10.3. The molecule has 1 aromatic rings. The molecule has 3 amide bonds. The van der Waals surface area contributed by atoms with Crippen LogP contribution in [0.5, 0.6) is 0 Å². The highest BCUT2D eigenvalue weighted by atomic mass is 35.5. The zero-order chi connectivity index (χ0) is 14.0. The van der Waals surface area contributed by atoms with Crippen LogP contribution in [0.15, 0.2) is 18.2 Å². The predicted molar refractivity (Wildman–Crippen MR) is 69.6 cm³/mol. The summed E-state index contributed by atoms with van der Waals surface area (Å²) in [5, 5.41) is 1.86. The van der Waals surface area contributed by atoms with Gasteiger partial charge in [0, 0.05) is 5.69 Å². The van der Waals surface area contributed by atoms with Crippen molar-refractivity contribution < 1.29 is 18.8 Å². The Morgan fingerprint density at radius 2 is 2.21 bits per heavy atom. The molecule has 1 aliphatic rings. The van der Waals surface area contributed by atoms with E-state index in [-0.39, 0.29) is 17.3 Å².